The Labute approximate surface area is 167 Å². The highest BCUT2D eigenvalue weighted by Gasteiger charge is 2.17. The lowest BCUT2D eigenvalue weighted by molar-refractivity contribution is 0.0698. The lowest BCUT2D eigenvalue weighted by atomic mass is 10.1. The van der Waals surface area contributed by atoms with Crippen molar-refractivity contribution in [3.8, 4) is 16.9 Å². The Kier molecular flexibility index (Phi) is 4.83. The van der Waals surface area contributed by atoms with Crippen molar-refractivity contribution in [2.24, 2.45) is 0 Å². The van der Waals surface area contributed by atoms with E-state index in [1.54, 1.807) is 4.68 Å². The highest BCUT2D eigenvalue weighted by atomic mass is 19.1. The first-order valence-electron chi connectivity index (χ1n) is 9.04. The first kappa shape index (κ1) is 18.4. The van der Waals surface area contributed by atoms with E-state index in [4.69, 9.17) is 5.10 Å². The molecule has 0 aliphatic heterocycles. The van der Waals surface area contributed by atoms with Gasteiger partial charge in [0.1, 0.15) is 11.6 Å². The molecular formula is C23H18FN3O2. The van der Waals surface area contributed by atoms with Gasteiger partial charge in [-0.15, -0.1) is 0 Å². The number of carboxylic acids is 1. The number of nitrogens with zero attached hydrogens (tertiary/aromatic N) is 2. The van der Waals surface area contributed by atoms with Gasteiger partial charge in [0.25, 0.3) is 0 Å². The minimum absolute atomic E-state index is 0.0230. The van der Waals surface area contributed by atoms with Gasteiger partial charge < -0.3 is 10.4 Å². The van der Waals surface area contributed by atoms with Gasteiger partial charge in [0.15, 0.2) is 0 Å². The van der Waals surface area contributed by atoms with Crippen molar-refractivity contribution in [1.82, 2.24) is 9.78 Å². The van der Waals surface area contributed by atoms with Crippen LogP contribution in [0.2, 0.25) is 0 Å². The first-order valence-corrected chi connectivity index (χ1v) is 9.04. The van der Waals surface area contributed by atoms with E-state index in [1.165, 1.54) is 12.1 Å². The van der Waals surface area contributed by atoms with E-state index in [-0.39, 0.29) is 11.3 Å². The number of carbonyl (C=O) groups is 1. The van der Waals surface area contributed by atoms with E-state index in [2.05, 4.69) is 5.32 Å². The number of rotatable bonds is 5. The molecule has 0 amide bonds. The molecule has 0 saturated carbocycles. The van der Waals surface area contributed by atoms with Crippen LogP contribution in [0.4, 0.5) is 15.9 Å². The predicted molar refractivity (Wildman–Crippen MR) is 110 cm³/mol. The van der Waals surface area contributed by atoms with Gasteiger partial charge in [-0.25, -0.2) is 13.9 Å². The second-order valence-electron chi connectivity index (χ2n) is 6.60. The number of para-hydroxylation sites is 1. The molecule has 144 valence electrons. The smallest absolute Gasteiger partial charge is 0.337 e. The molecule has 29 heavy (non-hydrogen) atoms. The summed E-state index contributed by atoms with van der Waals surface area (Å²) in [6.45, 7) is 1.97. The van der Waals surface area contributed by atoms with E-state index in [1.807, 2.05) is 67.6 Å². The number of hydrogen-bond donors (Lipinski definition) is 2. The Morgan fingerprint density at radius 2 is 1.72 bits per heavy atom. The Morgan fingerprint density at radius 1 is 1.00 bits per heavy atom. The van der Waals surface area contributed by atoms with Crippen LogP contribution in [0.25, 0.3) is 16.9 Å². The largest absolute Gasteiger partial charge is 0.478 e. The quantitative estimate of drug-likeness (QED) is 0.479. The average molecular weight is 387 g/mol. The molecule has 5 nitrogen and oxygen atoms in total. The van der Waals surface area contributed by atoms with Gasteiger partial charge in [0, 0.05) is 11.6 Å². The van der Waals surface area contributed by atoms with Crippen molar-refractivity contribution in [2.75, 3.05) is 5.32 Å². The molecule has 1 aromatic heterocycles. The summed E-state index contributed by atoms with van der Waals surface area (Å²) in [5.41, 5.74) is 3.60. The van der Waals surface area contributed by atoms with E-state index in [9.17, 15) is 14.3 Å². The molecule has 0 aliphatic carbocycles. The fourth-order valence-electron chi connectivity index (χ4n) is 3.15. The molecule has 0 fully saturated rings. The van der Waals surface area contributed by atoms with Crippen LogP contribution >= 0.6 is 0 Å². The lowest BCUT2D eigenvalue weighted by Gasteiger charge is -2.13. The van der Waals surface area contributed by atoms with Crippen molar-refractivity contribution in [2.45, 2.75) is 6.92 Å². The van der Waals surface area contributed by atoms with Gasteiger partial charge in [-0.2, -0.15) is 5.10 Å². The first-order chi connectivity index (χ1) is 14.0. The Hall–Kier alpha value is -3.93. The SMILES string of the molecule is Cc1ccccc1-n1nc(-c2ccccc2)cc1Nc1cc(F)ccc1C(=O)O. The summed E-state index contributed by atoms with van der Waals surface area (Å²) in [4.78, 5) is 11.6. The van der Waals surface area contributed by atoms with E-state index in [0.717, 1.165) is 22.9 Å². The highest BCUT2D eigenvalue weighted by Crippen LogP contribution is 2.29. The normalized spacial score (nSPS) is 10.7. The number of benzene rings is 3. The lowest BCUT2D eigenvalue weighted by Crippen LogP contribution is -2.07. The summed E-state index contributed by atoms with van der Waals surface area (Å²) < 4.78 is 15.5. The van der Waals surface area contributed by atoms with Crippen LogP contribution in [0.5, 0.6) is 0 Å². The van der Waals surface area contributed by atoms with Crippen molar-refractivity contribution in [3.63, 3.8) is 0 Å². The maximum atomic E-state index is 13.8. The Morgan fingerprint density at radius 3 is 2.45 bits per heavy atom. The minimum atomic E-state index is -1.14. The number of carboxylic acid groups (broad SMARTS) is 1. The molecule has 0 saturated heterocycles. The molecule has 0 radical (unpaired) electrons. The molecule has 4 aromatic rings. The second kappa shape index (κ2) is 7.59. The Balaban J connectivity index is 1.87. The van der Waals surface area contributed by atoms with Crippen LogP contribution in [0, 0.1) is 12.7 Å². The molecule has 3 aromatic carbocycles. The molecule has 0 atom stereocenters. The highest BCUT2D eigenvalue weighted by molar-refractivity contribution is 5.95. The van der Waals surface area contributed by atoms with Gasteiger partial charge in [0.05, 0.1) is 22.6 Å². The van der Waals surface area contributed by atoms with E-state index >= 15 is 0 Å². The topological polar surface area (TPSA) is 67.2 Å². The number of anilines is 2. The third kappa shape index (κ3) is 3.73. The number of nitrogens with one attached hydrogen (secondary N) is 1. The van der Waals surface area contributed by atoms with Crippen molar-refractivity contribution in [1.29, 1.82) is 0 Å². The standard InChI is InChI=1S/C23H18FN3O2/c1-15-7-5-6-10-21(15)27-22(14-19(26-27)16-8-3-2-4-9-16)25-20-13-17(24)11-12-18(20)23(28)29/h2-14,25H,1H3,(H,28,29). The molecule has 0 bridgehead atoms. The third-order valence-corrected chi connectivity index (χ3v) is 4.60. The maximum Gasteiger partial charge on any atom is 0.337 e. The number of aryl methyl sites for hydroxylation is 1. The fourth-order valence-corrected chi connectivity index (χ4v) is 3.15. The van der Waals surface area contributed by atoms with Gasteiger partial charge in [-0.05, 0) is 36.8 Å². The second-order valence-corrected chi connectivity index (χ2v) is 6.60. The zero-order valence-electron chi connectivity index (χ0n) is 15.6. The molecule has 1 heterocycles. The molecule has 4 rings (SSSR count). The van der Waals surface area contributed by atoms with Crippen LogP contribution in [0.3, 0.4) is 0 Å². The van der Waals surface area contributed by atoms with E-state index < -0.39 is 11.8 Å². The third-order valence-electron chi connectivity index (χ3n) is 4.60. The monoisotopic (exact) mass is 387 g/mol. The average Bonchev–Trinajstić information content (AvgIpc) is 3.12. The fraction of sp³-hybridized carbons (Fsp3) is 0.0435. The number of aromatic carboxylic acids is 1. The van der Waals surface area contributed by atoms with E-state index in [0.29, 0.717) is 11.5 Å². The summed E-state index contributed by atoms with van der Waals surface area (Å²) in [6, 6.07) is 22.7. The summed E-state index contributed by atoms with van der Waals surface area (Å²) in [5.74, 6) is -1.13. The summed E-state index contributed by atoms with van der Waals surface area (Å²) in [7, 11) is 0. The molecule has 6 heteroatoms. The summed E-state index contributed by atoms with van der Waals surface area (Å²) in [5, 5.41) is 17.2. The number of hydrogen-bond acceptors (Lipinski definition) is 3. The van der Waals surface area contributed by atoms with Crippen LogP contribution < -0.4 is 5.32 Å². The van der Waals surface area contributed by atoms with Crippen LogP contribution in [-0.4, -0.2) is 20.9 Å². The van der Waals surface area contributed by atoms with Crippen LogP contribution in [0.1, 0.15) is 15.9 Å². The minimum Gasteiger partial charge on any atom is -0.478 e. The summed E-state index contributed by atoms with van der Waals surface area (Å²) >= 11 is 0. The van der Waals surface area contributed by atoms with Crippen molar-refractivity contribution >= 4 is 17.5 Å². The molecule has 2 N–H and O–H groups in total. The van der Waals surface area contributed by atoms with Gasteiger partial charge >= 0.3 is 5.97 Å². The molecule has 0 unspecified atom stereocenters. The van der Waals surface area contributed by atoms with Crippen molar-refractivity contribution in [3.05, 3.63) is 95.8 Å². The molecule has 0 aliphatic rings. The maximum absolute atomic E-state index is 13.8. The number of aromatic nitrogens is 2. The van der Waals surface area contributed by atoms with Gasteiger partial charge in [0.2, 0.25) is 0 Å². The number of halogens is 1. The molecule has 0 spiro atoms. The van der Waals surface area contributed by atoms with Crippen molar-refractivity contribution < 1.29 is 14.3 Å². The molecular weight excluding hydrogens is 369 g/mol. The zero-order valence-corrected chi connectivity index (χ0v) is 15.6. The zero-order chi connectivity index (χ0) is 20.4. The Bertz CT molecular complexity index is 1190. The predicted octanol–water partition coefficient (Wildman–Crippen LogP) is 5.43. The van der Waals surface area contributed by atoms with Crippen LogP contribution in [0.15, 0.2) is 78.9 Å². The summed E-state index contributed by atoms with van der Waals surface area (Å²) in [6.07, 6.45) is 0. The van der Waals surface area contributed by atoms with Crippen LogP contribution in [-0.2, 0) is 0 Å². The van der Waals surface area contributed by atoms with Gasteiger partial charge in [-0.3, -0.25) is 0 Å². The van der Waals surface area contributed by atoms with Gasteiger partial charge in [-0.1, -0.05) is 48.5 Å².